The molecule has 0 radical (unpaired) electrons. The lowest BCUT2D eigenvalue weighted by Crippen LogP contribution is -2.40. The van der Waals surface area contributed by atoms with Gasteiger partial charge in [-0.2, -0.15) is 0 Å². The molecule has 0 saturated carbocycles. The summed E-state index contributed by atoms with van der Waals surface area (Å²) in [5.74, 6) is 3.32. The van der Waals surface area contributed by atoms with E-state index in [1.54, 1.807) is 6.33 Å². The molecule has 2 rings (SSSR count). The van der Waals surface area contributed by atoms with Crippen molar-refractivity contribution in [2.45, 2.75) is 47.1 Å². The van der Waals surface area contributed by atoms with E-state index < -0.39 is 0 Å². The molecule has 0 spiro atoms. The highest BCUT2D eigenvalue weighted by Gasteiger charge is 2.07. The van der Waals surface area contributed by atoms with Gasteiger partial charge in [0.2, 0.25) is 0 Å². The van der Waals surface area contributed by atoms with E-state index in [4.69, 9.17) is 9.47 Å². The second-order valence-electron chi connectivity index (χ2n) is 7.17. The number of aliphatic imine (C=N–C) groups is 1. The lowest BCUT2D eigenvalue weighted by Gasteiger charge is -2.15. The standard InChI is InChI=1S/C23H36N6O2.HI/c1-6-22-28-27-17-29(22)14-13-25-23(26-16-18(4)5)24-12-11-19-9-10-20(30-7-2)21(15-19)31-8-3;/h9-10,15,17H,4,6-8,11-14,16H2,1-3,5H3,(H2,24,25,26);1H. The summed E-state index contributed by atoms with van der Waals surface area (Å²) in [6.45, 7) is 16.0. The average Bonchev–Trinajstić information content (AvgIpc) is 3.21. The third-order valence-corrected chi connectivity index (χ3v) is 4.48. The number of nitrogens with zero attached hydrogens (tertiary/aromatic N) is 4. The zero-order valence-corrected chi connectivity index (χ0v) is 22.0. The van der Waals surface area contributed by atoms with Gasteiger partial charge in [0, 0.05) is 26.1 Å². The lowest BCUT2D eigenvalue weighted by molar-refractivity contribution is 0.287. The van der Waals surface area contributed by atoms with Crippen LogP contribution in [0, 0.1) is 0 Å². The third kappa shape index (κ3) is 9.46. The summed E-state index contributed by atoms with van der Waals surface area (Å²) in [5, 5.41) is 14.9. The predicted molar refractivity (Wildman–Crippen MR) is 140 cm³/mol. The van der Waals surface area contributed by atoms with Crippen LogP contribution in [0.3, 0.4) is 0 Å². The minimum absolute atomic E-state index is 0. The SMILES string of the molecule is C=C(C)CN=C(NCCc1ccc(OCC)c(OCC)c1)NCCn1cnnc1CC.I. The second kappa shape index (κ2) is 15.5. The zero-order chi connectivity index (χ0) is 22.5. The first kappa shape index (κ1) is 27.7. The maximum absolute atomic E-state index is 5.73. The van der Waals surface area contributed by atoms with Crippen LogP contribution < -0.4 is 20.1 Å². The molecule has 1 aromatic heterocycles. The molecular weight excluding hydrogens is 519 g/mol. The Balaban J connectivity index is 0.00000512. The monoisotopic (exact) mass is 556 g/mol. The molecule has 2 aromatic rings. The molecule has 0 amide bonds. The van der Waals surface area contributed by atoms with E-state index in [0.717, 1.165) is 61.3 Å². The fourth-order valence-corrected chi connectivity index (χ4v) is 3.00. The number of aryl methyl sites for hydroxylation is 1. The number of hydrogen-bond acceptors (Lipinski definition) is 5. The van der Waals surface area contributed by atoms with Crippen molar-refractivity contribution in [1.29, 1.82) is 0 Å². The Labute approximate surface area is 208 Å². The highest BCUT2D eigenvalue weighted by molar-refractivity contribution is 14.0. The molecule has 2 N–H and O–H groups in total. The van der Waals surface area contributed by atoms with Crippen molar-refractivity contribution in [2.75, 3.05) is 32.8 Å². The van der Waals surface area contributed by atoms with Crippen LogP contribution >= 0.6 is 24.0 Å². The maximum Gasteiger partial charge on any atom is 0.191 e. The molecular formula is C23H37IN6O2. The minimum Gasteiger partial charge on any atom is -0.490 e. The number of guanidine groups is 1. The third-order valence-electron chi connectivity index (χ3n) is 4.48. The van der Waals surface area contributed by atoms with E-state index in [-0.39, 0.29) is 24.0 Å². The maximum atomic E-state index is 5.73. The molecule has 8 nitrogen and oxygen atoms in total. The number of ether oxygens (including phenoxy) is 2. The van der Waals surface area contributed by atoms with Crippen LogP contribution in [-0.2, 0) is 19.4 Å². The Hall–Kier alpha value is -2.30. The van der Waals surface area contributed by atoms with Gasteiger partial charge in [0.1, 0.15) is 12.2 Å². The fraction of sp³-hybridized carbons (Fsp3) is 0.522. The summed E-state index contributed by atoms with van der Waals surface area (Å²) in [5.41, 5.74) is 2.19. The first-order chi connectivity index (χ1) is 15.1. The van der Waals surface area contributed by atoms with Crippen molar-refractivity contribution in [3.63, 3.8) is 0 Å². The number of halogens is 1. The highest BCUT2D eigenvalue weighted by atomic mass is 127. The van der Waals surface area contributed by atoms with Crippen molar-refractivity contribution < 1.29 is 9.47 Å². The molecule has 0 aliphatic carbocycles. The van der Waals surface area contributed by atoms with Gasteiger partial charge in [0.25, 0.3) is 0 Å². The molecule has 178 valence electrons. The molecule has 0 aliphatic heterocycles. The van der Waals surface area contributed by atoms with Crippen LogP contribution in [-0.4, -0.2) is 53.6 Å². The van der Waals surface area contributed by atoms with Crippen molar-refractivity contribution >= 4 is 29.9 Å². The summed E-state index contributed by atoms with van der Waals surface area (Å²) in [6.07, 6.45) is 3.47. The molecule has 1 aromatic carbocycles. The Morgan fingerprint density at radius 3 is 2.50 bits per heavy atom. The van der Waals surface area contributed by atoms with E-state index in [1.165, 1.54) is 5.56 Å². The summed E-state index contributed by atoms with van der Waals surface area (Å²) >= 11 is 0. The van der Waals surface area contributed by atoms with Gasteiger partial charge < -0.3 is 24.7 Å². The lowest BCUT2D eigenvalue weighted by atomic mass is 10.1. The Bertz CT molecular complexity index is 853. The quantitative estimate of drug-likeness (QED) is 0.170. The smallest absolute Gasteiger partial charge is 0.191 e. The number of nitrogens with one attached hydrogen (secondary N) is 2. The molecule has 0 atom stereocenters. The van der Waals surface area contributed by atoms with Crippen molar-refractivity contribution in [3.05, 3.63) is 48.1 Å². The van der Waals surface area contributed by atoms with Crippen LogP contribution in [0.5, 0.6) is 11.5 Å². The summed E-state index contributed by atoms with van der Waals surface area (Å²) in [4.78, 5) is 4.61. The van der Waals surface area contributed by atoms with Crippen molar-refractivity contribution in [3.8, 4) is 11.5 Å². The van der Waals surface area contributed by atoms with Gasteiger partial charge in [0.15, 0.2) is 17.5 Å². The molecule has 32 heavy (non-hydrogen) atoms. The van der Waals surface area contributed by atoms with Gasteiger partial charge in [-0.05, 0) is 44.9 Å². The number of hydrogen-bond donors (Lipinski definition) is 2. The van der Waals surface area contributed by atoms with E-state index in [0.29, 0.717) is 19.8 Å². The Morgan fingerprint density at radius 2 is 1.81 bits per heavy atom. The molecule has 1 heterocycles. The van der Waals surface area contributed by atoms with Gasteiger partial charge in [-0.1, -0.05) is 25.1 Å². The van der Waals surface area contributed by atoms with Crippen LogP contribution in [0.1, 0.15) is 39.1 Å². The van der Waals surface area contributed by atoms with Gasteiger partial charge in [-0.15, -0.1) is 34.2 Å². The Kier molecular flexibility index (Phi) is 13.4. The van der Waals surface area contributed by atoms with Gasteiger partial charge in [-0.3, -0.25) is 0 Å². The fourth-order valence-electron chi connectivity index (χ4n) is 3.00. The molecule has 9 heteroatoms. The predicted octanol–water partition coefficient (Wildman–Crippen LogP) is 3.61. The van der Waals surface area contributed by atoms with Gasteiger partial charge in [0.05, 0.1) is 19.8 Å². The molecule has 0 fully saturated rings. The van der Waals surface area contributed by atoms with Crippen LogP contribution in [0.15, 0.2) is 41.7 Å². The number of rotatable bonds is 13. The summed E-state index contributed by atoms with van der Waals surface area (Å²) in [7, 11) is 0. The van der Waals surface area contributed by atoms with E-state index in [1.807, 2.05) is 32.9 Å². The Morgan fingerprint density at radius 1 is 1.09 bits per heavy atom. The normalized spacial score (nSPS) is 10.9. The molecule has 0 bridgehead atoms. The topological polar surface area (TPSA) is 85.6 Å². The number of aromatic nitrogens is 3. The van der Waals surface area contributed by atoms with Gasteiger partial charge in [-0.25, -0.2) is 4.99 Å². The zero-order valence-electron chi connectivity index (χ0n) is 19.7. The van der Waals surface area contributed by atoms with Crippen molar-refractivity contribution in [2.24, 2.45) is 4.99 Å². The van der Waals surface area contributed by atoms with Crippen LogP contribution in [0.25, 0.3) is 0 Å². The van der Waals surface area contributed by atoms with E-state index in [2.05, 4.69) is 50.0 Å². The van der Waals surface area contributed by atoms with Crippen LogP contribution in [0.4, 0.5) is 0 Å². The van der Waals surface area contributed by atoms with Crippen molar-refractivity contribution in [1.82, 2.24) is 25.4 Å². The average molecular weight is 556 g/mol. The molecule has 0 aliphatic rings. The summed E-state index contributed by atoms with van der Waals surface area (Å²) in [6, 6.07) is 6.10. The summed E-state index contributed by atoms with van der Waals surface area (Å²) < 4.78 is 13.4. The molecule has 0 saturated heterocycles. The van der Waals surface area contributed by atoms with E-state index >= 15 is 0 Å². The highest BCUT2D eigenvalue weighted by Crippen LogP contribution is 2.28. The number of benzene rings is 1. The largest absolute Gasteiger partial charge is 0.490 e. The molecule has 0 unspecified atom stereocenters. The first-order valence-corrected chi connectivity index (χ1v) is 11.0. The minimum atomic E-state index is 0. The van der Waals surface area contributed by atoms with Gasteiger partial charge >= 0.3 is 0 Å². The second-order valence-corrected chi connectivity index (χ2v) is 7.17. The van der Waals surface area contributed by atoms with E-state index in [9.17, 15) is 0 Å². The van der Waals surface area contributed by atoms with Crippen LogP contribution in [0.2, 0.25) is 0 Å². The first-order valence-electron chi connectivity index (χ1n) is 11.0.